The molecule has 3 rings (SSSR count). The summed E-state index contributed by atoms with van der Waals surface area (Å²) in [6.45, 7) is 0.450. The molecule has 0 spiro atoms. The van der Waals surface area contributed by atoms with Crippen molar-refractivity contribution in [2.45, 2.75) is 6.54 Å². The highest BCUT2D eigenvalue weighted by Gasteiger charge is 2.37. The Balaban J connectivity index is 2.05. The number of halogens is 1. The zero-order valence-corrected chi connectivity index (χ0v) is 11.6. The van der Waals surface area contributed by atoms with Crippen LogP contribution in [0.4, 0.5) is 5.69 Å². The molecule has 0 aliphatic carbocycles. The van der Waals surface area contributed by atoms with E-state index in [0.717, 1.165) is 4.88 Å². The smallest absolute Gasteiger partial charge is 0.299 e. The predicted molar refractivity (Wildman–Crippen MR) is 74.0 cm³/mol. The number of thiophene rings is 1. The van der Waals surface area contributed by atoms with Crippen molar-refractivity contribution in [3.63, 3.8) is 0 Å². The molecular formula is C13H8BrNO2S. The predicted octanol–water partition coefficient (Wildman–Crippen LogP) is 3.24. The number of hydrogen-bond donors (Lipinski definition) is 0. The molecule has 0 saturated carbocycles. The van der Waals surface area contributed by atoms with Crippen molar-refractivity contribution >= 4 is 44.6 Å². The fraction of sp³-hybridized carbons (Fsp3) is 0.0769. The molecule has 2 aromatic rings. The van der Waals surface area contributed by atoms with Crippen LogP contribution in [-0.4, -0.2) is 11.7 Å². The molecule has 1 aromatic carbocycles. The first kappa shape index (κ1) is 11.6. The Bertz CT molecular complexity index is 636. The molecule has 1 aliphatic heterocycles. The Kier molecular flexibility index (Phi) is 2.80. The summed E-state index contributed by atoms with van der Waals surface area (Å²) in [5.74, 6) is -0.890. The van der Waals surface area contributed by atoms with Gasteiger partial charge in [-0.2, -0.15) is 0 Å². The summed E-state index contributed by atoms with van der Waals surface area (Å²) >= 11 is 4.90. The van der Waals surface area contributed by atoms with Crippen LogP contribution in [0.25, 0.3) is 0 Å². The normalized spacial score (nSPS) is 14.2. The van der Waals surface area contributed by atoms with Crippen LogP contribution in [0, 0.1) is 0 Å². The van der Waals surface area contributed by atoms with Crippen LogP contribution in [-0.2, 0) is 11.3 Å². The van der Waals surface area contributed by atoms with Crippen molar-refractivity contribution in [2.24, 2.45) is 0 Å². The van der Waals surface area contributed by atoms with Crippen LogP contribution in [0.1, 0.15) is 15.2 Å². The minimum atomic E-state index is -0.453. The van der Waals surface area contributed by atoms with Gasteiger partial charge in [0.2, 0.25) is 0 Å². The maximum atomic E-state index is 12.0. The number of rotatable bonds is 2. The highest BCUT2D eigenvalue weighted by atomic mass is 79.9. The van der Waals surface area contributed by atoms with E-state index in [1.807, 2.05) is 23.6 Å². The standard InChI is InChI=1S/C13H8BrNO2S/c14-9-4-1-5-10-11(9)12(16)13(17)15(10)7-8-3-2-6-18-8/h1-6H,7H2. The van der Waals surface area contributed by atoms with E-state index in [2.05, 4.69) is 15.9 Å². The number of anilines is 1. The molecule has 18 heavy (non-hydrogen) atoms. The number of benzene rings is 1. The lowest BCUT2D eigenvalue weighted by molar-refractivity contribution is -0.114. The number of amides is 1. The molecule has 5 heteroatoms. The first-order chi connectivity index (χ1) is 8.68. The van der Waals surface area contributed by atoms with Gasteiger partial charge in [-0.3, -0.25) is 14.5 Å². The second-order valence-corrected chi connectivity index (χ2v) is 5.82. The molecule has 2 heterocycles. The van der Waals surface area contributed by atoms with Gasteiger partial charge < -0.3 is 0 Å². The van der Waals surface area contributed by atoms with Crippen LogP contribution >= 0.6 is 27.3 Å². The molecule has 0 bridgehead atoms. The second-order valence-electron chi connectivity index (χ2n) is 3.93. The van der Waals surface area contributed by atoms with E-state index in [9.17, 15) is 9.59 Å². The van der Waals surface area contributed by atoms with Crippen molar-refractivity contribution in [2.75, 3.05) is 4.90 Å². The number of nitrogens with zero attached hydrogens (tertiary/aromatic N) is 1. The number of ketones is 1. The van der Waals surface area contributed by atoms with E-state index >= 15 is 0 Å². The fourth-order valence-electron chi connectivity index (χ4n) is 2.02. The molecule has 0 fully saturated rings. The van der Waals surface area contributed by atoms with Crippen molar-refractivity contribution in [3.05, 3.63) is 50.6 Å². The van der Waals surface area contributed by atoms with Crippen LogP contribution in [0.5, 0.6) is 0 Å². The summed E-state index contributed by atoms with van der Waals surface area (Å²) in [5.41, 5.74) is 1.16. The molecule has 1 aliphatic rings. The zero-order chi connectivity index (χ0) is 12.7. The maximum absolute atomic E-state index is 12.0. The Morgan fingerprint density at radius 2 is 2.00 bits per heavy atom. The number of carbonyl (C=O) groups excluding carboxylic acids is 2. The second kappa shape index (κ2) is 4.33. The highest BCUT2D eigenvalue weighted by Crippen LogP contribution is 2.35. The van der Waals surface area contributed by atoms with Crippen LogP contribution in [0.2, 0.25) is 0 Å². The summed E-state index contributed by atoms with van der Waals surface area (Å²) in [6, 6.07) is 9.30. The largest absolute Gasteiger partial charge is 0.299 e. The summed E-state index contributed by atoms with van der Waals surface area (Å²) in [6.07, 6.45) is 0. The molecular weight excluding hydrogens is 314 g/mol. The summed E-state index contributed by atoms with van der Waals surface area (Å²) in [4.78, 5) is 26.5. The molecule has 0 atom stereocenters. The molecule has 90 valence electrons. The van der Waals surface area contributed by atoms with Gasteiger partial charge in [-0.1, -0.05) is 12.1 Å². The quantitative estimate of drug-likeness (QED) is 0.796. The van der Waals surface area contributed by atoms with Crippen LogP contribution < -0.4 is 4.90 Å². The first-order valence-corrected chi connectivity index (χ1v) is 7.03. The Labute approximate surface area is 116 Å². The lowest BCUT2D eigenvalue weighted by atomic mass is 10.1. The number of hydrogen-bond acceptors (Lipinski definition) is 3. The summed E-state index contributed by atoms with van der Waals surface area (Å²) in [5, 5.41) is 1.96. The lowest BCUT2D eigenvalue weighted by Gasteiger charge is -2.15. The number of Topliss-reactive ketones (excluding diaryl/α,β-unsaturated/α-hetero) is 1. The van der Waals surface area contributed by atoms with Crippen molar-refractivity contribution in [1.29, 1.82) is 0 Å². The van der Waals surface area contributed by atoms with E-state index in [0.29, 0.717) is 22.3 Å². The van der Waals surface area contributed by atoms with Crippen molar-refractivity contribution < 1.29 is 9.59 Å². The van der Waals surface area contributed by atoms with Gasteiger partial charge >= 0.3 is 0 Å². The van der Waals surface area contributed by atoms with E-state index in [-0.39, 0.29) is 0 Å². The minimum Gasteiger partial charge on any atom is -0.299 e. The SMILES string of the molecule is O=C1C(=O)N(Cc2cccs2)c2cccc(Br)c21. The van der Waals surface area contributed by atoms with Gasteiger partial charge in [0.05, 0.1) is 17.8 Å². The zero-order valence-electron chi connectivity index (χ0n) is 9.22. The maximum Gasteiger partial charge on any atom is 0.299 e. The van der Waals surface area contributed by atoms with Gasteiger partial charge in [0.25, 0.3) is 11.7 Å². The third-order valence-corrected chi connectivity index (χ3v) is 4.36. The van der Waals surface area contributed by atoms with Gasteiger partial charge in [0.15, 0.2) is 0 Å². The number of fused-ring (bicyclic) bond motifs is 1. The molecule has 0 unspecified atom stereocenters. The monoisotopic (exact) mass is 321 g/mol. The van der Waals surface area contributed by atoms with E-state index in [1.54, 1.807) is 23.5 Å². The van der Waals surface area contributed by atoms with Gasteiger partial charge in [-0.05, 0) is 39.5 Å². The van der Waals surface area contributed by atoms with Crippen molar-refractivity contribution in [1.82, 2.24) is 0 Å². The van der Waals surface area contributed by atoms with Gasteiger partial charge in [-0.15, -0.1) is 11.3 Å². The fourth-order valence-corrected chi connectivity index (χ4v) is 3.25. The average molecular weight is 322 g/mol. The average Bonchev–Trinajstić information content (AvgIpc) is 2.94. The molecule has 0 saturated heterocycles. The lowest BCUT2D eigenvalue weighted by Crippen LogP contribution is -2.28. The topological polar surface area (TPSA) is 37.4 Å². The minimum absolute atomic E-state index is 0.436. The summed E-state index contributed by atoms with van der Waals surface area (Å²) in [7, 11) is 0. The van der Waals surface area contributed by atoms with Gasteiger partial charge in [0, 0.05) is 9.35 Å². The Morgan fingerprint density at radius 3 is 2.72 bits per heavy atom. The molecule has 0 N–H and O–H groups in total. The third-order valence-electron chi connectivity index (χ3n) is 2.84. The molecule has 0 radical (unpaired) electrons. The molecule has 1 amide bonds. The van der Waals surface area contributed by atoms with E-state index < -0.39 is 11.7 Å². The molecule has 3 nitrogen and oxygen atoms in total. The highest BCUT2D eigenvalue weighted by molar-refractivity contribution is 9.10. The van der Waals surface area contributed by atoms with Crippen molar-refractivity contribution in [3.8, 4) is 0 Å². The van der Waals surface area contributed by atoms with Gasteiger partial charge in [0.1, 0.15) is 0 Å². The van der Waals surface area contributed by atoms with Gasteiger partial charge in [-0.25, -0.2) is 0 Å². The first-order valence-electron chi connectivity index (χ1n) is 5.35. The molecule has 1 aromatic heterocycles. The third kappa shape index (κ3) is 1.71. The Morgan fingerprint density at radius 1 is 1.17 bits per heavy atom. The summed E-state index contributed by atoms with van der Waals surface area (Å²) < 4.78 is 0.673. The van der Waals surface area contributed by atoms with E-state index in [4.69, 9.17) is 0 Å². The number of carbonyl (C=O) groups is 2. The van der Waals surface area contributed by atoms with E-state index in [1.165, 1.54) is 4.90 Å². The van der Waals surface area contributed by atoms with Crippen LogP contribution in [0.15, 0.2) is 40.2 Å². The van der Waals surface area contributed by atoms with Crippen LogP contribution in [0.3, 0.4) is 0 Å². The Hall–Kier alpha value is -1.46.